The van der Waals surface area contributed by atoms with E-state index < -0.39 is 4.92 Å². The minimum absolute atomic E-state index is 0.0567. The van der Waals surface area contributed by atoms with Crippen molar-refractivity contribution in [3.63, 3.8) is 0 Å². The number of benzene rings is 3. The van der Waals surface area contributed by atoms with Crippen molar-refractivity contribution in [2.24, 2.45) is 0 Å². The Morgan fingerprint density at radius 1 is 0.889 bits per heavy atom. The maximum absolute atomic E-state index is 12.2. The number of nitrogens with one attached hydrogen (secondary N) is 2. The standard InChI is InChI=1S/C21H19N3O3/c1-15(16-5-3-2-4-6-16)22-21(25)23-19-11-7-17(8-12-19)18-9-13-20(14-10-18)24(26)27/h2-15H,1H3,(H2,22,23,25). The van der Waals surface area contributed by atoms with Crippen LogP contribution in [0.3, 0.4) is 0 Å². The normalized spacial score (nSPS) is 11.4. The summed E-state index contributed by atoms with van der Waals surface area (Å²) in [5.41, 5.74) is 3.53. The third-order valence-corrected chi connectivity index (χ3v) is 4.20. The fourth-order valence-electron chi connectivity index (χ4n) is 2.71. The van der Waals surface area contributed by atoms with Crippen LogP contribution in [0.15, 0.2) is 78.9 Å². The molecular weight excluding hydrogens is 342 g/mol. The second-order valence-corrected chi connectivity index (χ2v) is 6.11. The van der Waals surface area contributed by atoms with E-state index in [0.29, 0.717) is 5.69 Å². The Morgan fingerprint density at radius 2 is 1.44 bits per heavy atom. The number of hydrogen-bond donors (Lipinski definition) is 2. The van der Waals surface area contributed by atoms with Gasteiger partial charge in [0, 0.05) is 17.8 Å². The highest BCUT2D eigenvalue weighted by molar-refractivity contribution is 5.89. The fraction of sp³-hybridized carbons (Fsp3) is 0.0952. The second kappa shape index (κ2) is 8.14. The van der Waals surface area contributed by atoms with E-state index in [0.717, 1.165) is 16.7 Å². The Morgan fingerprint density at radius 3 is 2.00 bits per heavy atom. The lowest BCUT2D eigenvalue weighted by atomic mass is 10.1. The Balaban J connectivity index is 1.61. The van der Waals surface area contributed by atoms with Crippen LogP contribution in [0.2, 0.25) is 0 Å². The van der Waals surface area contributed by atoms with E-state index in [1.54, 1.807) is 24.3 Å². The molecule has 0 saturated carbocycles. The average Bonchev–Trinajstić information content (AvgIpc) is 2.69. The first-order valence-electron chi connectivity index (χ1n) is 8.50. The molecule has 3 aromatic carbocycles. The van der Waals surface area contributed by atoms with Crippen LogP contribution in [0.4, 0.5) is 16.2 Å². The number of non-ortho nitro benzene ring substituents is 1. The van der Waals surface area contributed by atoms with Gasteiger partial charge < -0.3 is 10.6 Å². The Bertz CT molecular complexity index is 923. The van der Waals surface area contributed by atoms with Crippen LogP contribution in [-0.4, -0.2) is 11.0 Å². The van der Waals surface area contributed by atoms with Crippen LogP contribution < -0.4 is 10.6 Å². The summed E-state index contributed by atoms with van der Waals surface area (Å²) in [5, 5.41) is 16.4. The van der Waals surface area contributed by atoms with E-state index in [1.165, 1.54) is 12.1 Å². The molecular formula is C21H19N3O3. The molecule has 0 bridgehead atoms. The number of amides is 2. The van der Waals surface area contributed by atoms with E-state index in [2.05, 4.69) is 10.6 Å². The molecule has 2 amide bonds. The van der Waals surface area contributed by atoms with Crippen molar-refractivity contribution in [3.8, 4) is 11.1 Å². The number of rotatable bonds is 5. The molecule has 2 N–H and O–H groups in total. The van der Waals surface area contributed by atoms with E-state index in [9.17, 15) is 14.9 Å². The lowest BCUT2D eigenvalue weighted by Crippen LogP contribution is -2.31. The largest absolute Gasteiger partial charge is 0.331 e. The second-order valence-electron chi connectivity index (χ2n) is 6.11. The van der Waals surface area contributed by atoms with Crippen molar-refractivity contribution in [3.05, 3.63) is 94.5 Å². The number of nitro groups is 1. The molecule has 0 spiro atoms. The first-order valence-corrected chi connectivity index (χ1v) is 8.50. The predicted octanol–water partition coefficient (Wildman–Crippen LogP) is 5.14. The molecule has 136 valence electrons. The minimum atomic E-state index is -0.425. The van der Waals surface area contributed by atoms with Gasteiger partial charge >= 0.3 is 6.03 Å². The Labute approximate surface area is 157 Å². The highest BCUT2D eigenvalue weighted by atomic mass is 16.6. The Hall–Kier alpha value is -3.67. The van der Waals surface area contributed by atoms with Crippen molar-refractivity contribution in [1.82, 2.24) is 5.32 Å². The van der Waals surface area contributed by atoms with Crippen LogP contribution in [-0.2, 0) is 0 Å². The number of hydrogen-bond acceptors (Lipinski definition) is 3. The summed E-state index contributed by atoms with van der Waals surface area (Å²) in [6.45, 7) is 1.92. The van der Waals surface area contributed by atoms with Gasteiger partial charge in [0.1, 0.15) is 0 Å². The molecule has 0 heterocycles. The number of anilines is 1. The van der Waals surface area contributed by atoms with Gasteiger partial charge in [0.25, 0.3) is 5.69 Å². The van der Waals surface area contributed by atoms with Crippen LogP contribution in [0.1, 0.15) is 18.5 Å². The molecule has 1 atom stereocenters. The zero-order valence-corrected chi connectivity index (χ0v) is 14.8. The summed E-state index contributed by atoms with van der Waals surface area (Å²) >= 11 is 0. The van der Waals surface area contributed by atoms with Crippen LogP contribution >= 0.6 is 0 Å². The summed E-state index contributed by atoms with van der Waals surface area (Å²) in [7, 11) is 0. The molecule has 0 aromatic heterocycles. The maximum atomic E-state index is 12.2. The van der Waals surface area contributed by atoms with Gasteiger partial charge in [-0.15, -0.1) is 0 Å². The summed E-state index contributed by atoms with van der Waals surface area (Å²) in [6.07, 6.45) is 0. The zero-order chi connectivity index (χ0) is 19.2. The highest BCUT2D eigenvalue weighted by Crippen LogP contribution is 2.24. The molecule has 1 unspecified atom stereocenters. The van der Waals surface area contributed by atoms with E-state index >= 15 is 0 Å². The van der Waals surface area contributed by atoms with Gasteiger partial charge in [0.2, 0.25) is 0 Å². The number of urea groups is 1. The van der Waals surface area contributed by atoms with Crippen molar-refractivity contribution >= 4 is 17.4 Å². The molecule has 0 saturated heterocycles. The lowest BCUT2D eigenvalue weighted by molar-refractivity contribution is -0.384. The van der Waals surface area contributed by atoms with Gasteiger partial charge in [-0.2, -0.15) is 0 Å². The minimum Gasteiger partial charge on any atom is -0.331 e. The third-order valence-electron chi connectivity index (χ3n) is 4.20. The summed E-state index contributed by atoms with van der Waals surface area (Å²) in [6, 6.07) is 23.0. The molecule has 27 heavy (non-hydrogen) atoms. The first-order chi connectivity index (χ1) is 13.0. The van der Waals surface area contributed by atoms with Gasteiger partial charge in [-0.25, -0.2) is 4.79 Å². The van der Waals surface area contributed by atoms with E-state index in [-0.39, 0.29) is 17.8 Å². The lowest BCUT2D eigenvalue weighted by Gasteiger charge is -2.15. The number of nitro benzene ring substituents is 1. The number of carbonyl (C=O) groups is 1. The van der Waals surface area contributed by atoms with E-state index in [1.807, 2.05) is 49.4 Å². The highest BCUT2D eigenvalue weighted by Gasteiger charge is 2.09. The molecule has 0 aliphatic carbocycles. The smallest absolute Gasteiger partial charge is 0.319 e. The molecule has 0 fully saturated rings. The predicted molar refractivity (Wildman–Crippen MR) is 106 cm³/mol. The van der Waals surface area contributed by atoms with Crippen molar-refractivity contribution in [2.45, 2.75) is 13.0 Å². The average molecular weight is 361 g/mol. The molecule has 3 aromatic rings. The SMILES string of the molecule is CC(NC(=O)Nc1ccc(-c2ccc([N+](=O)[O-])cc2)cc1)c1ccccc1. The van der Waals surface area contributed by atoms with Crippen LogP contribution in [0.25, 0.3) is 11.1 Å². The third kappa shape index (κ3) is 4.70. The van der Waals surface area contributed by atoms with Crippen LogP contribution in [0.5, 0.6) is 0 Å². The quantitative estimate of drug-likeness (QED) is 0.487. The molecule has 0 aliphatic heterocycles. The van der Waals surface area contributed by atoms with Crippen molar-refractivity contribution in [2.75, 3.05) is 5.32 Å². The van der Waals surface area contributed by atoms with Crippen molar-refractivity contribution in [1.29, 1.82) is 0 Å². The van der Waals surface area contributed by atoms with E-state index in [4.69, 9.17) is 0 Å². The van der Waals surface area contributed by atoms with Gasteiger partial charge in [-0.3, -0.25) is 10.1 Å². The van der Waals surface area contributed by atoms with Crippen LogP contribution in [0, 0.1) is 10.1 Å². The molecule has 6 heteroatoms. The summed E-state index contributed by atoms with van der Waals surface area (Å²) in [5.74, 6) is 0. The molecule has 0 aliphatic rings. The monoisotopic (exact) mass is 361 g/mol. The van der Waals surface area contributed by atoms with Gasteiger partial charge in [-0.05, 0) is 47.9 Å². The summed E-state index contributed by atoms with van der Waals surface area (Å²) in [4.78, 5) is 22.5. The van der Waals surface area contributed by atoms with Gasteiger partial charge in [-0.1, -0.05) is 42.5 Å². The zero-order valence-electron chi connectivity index (χ0n) is 14.8. The number of nitrogens with zero attached hydrogens (tertiary/aromatic N) is 1. The maximum Gasteiger partial charge on any atom is 0.319 e. The molecule has 3 rings (SSSR count). The van der Waals surface area contributed by atoms with Gasteiger partial charge in [0.05, 0.1) is 11.0 Å². The molecule has 0 radical (unpaired) electrons. The Kier molecular flexibility index (Phi) is 5.47. The fourth-order valence-corrected chi connectivity index (χ4v) is 2.71. The summed E-state index contributed by atoms with van der Waals surface area (Å²) < 4.78 is 0. The van der Waals surface area contributed by atoms with Gasteiger partial charge in [0.15, 0.2) is 0 Å². The molecule has 6 nitrogen and oxygen atoms in total. The topological polar surface area (TPSA) is 84.3 Å². The van der Waals surface area contributed by atoms with Crippen molar-refractivity contribution < 1.29 is 9.72 Å². The first kappa shape index (κ1) is 18.1. The number of carbonyl (C=O) groups excluding carboxylic acids is 1.